The molecule has 1 aromatic rings. The van der Waals surface area contributed by atoms with Crippen LogP contribution in [0.4, 0.5) is 0 Å². The number of pyridine rings is 1. The molecule has 2 rings (SSSR count). The second-order valence-corrected chi connectivity index (χ2v) is 5.99. The molecular weight excluding hydrogens is 286 g/mol. The molecule has 6 heteroatoms. The van der Waals surface area contributed by atoms with E-state index in [0.29, 0.717) is 42.6 Å². The van der Waals surface area contributed by atoms with Crippen molar-refractivity contribution < 1.29 is 9.53 Å². The molecule has 2 heterocycles. The molecule has 112 valence electrons. The van der Waals surface area contributed by atoms with Crippen LogP contribution in [0.5, 0.6) is 0 Å². The summed E-state index contributed by atoms with van der Waals surface area (Å²) in [6.07, 6.45) is 0. The maximum absolute atomic E-state index is 12.1. The zero-order valence-electron chi connectivity index (χ0n) is 12.6. The number of hydrogen-bond acceptors (Lipinski definition) is 5. The second-order valence-electron chi connectivity index (χ2n) is 5.02. The van der Waals surface area contributed by atoms with Gasteiger partial charge in [-0.2, -0.15) is 5.26 Å². The summed E-state index contributed by atoms with van der Waals surface area (Å²) in [7, 11) is 0. The van der Waals surface area contributed by atoms with Gasteiger partial charge in [0.15, 0.2) is 0 Å². The molecule has 21 heavy (non-hydrogen) atoms. The number of ether oxygens (including phenoxy) is 1. The van der Waals surface area contributed by atoms with Crippen LogP contribution in [0.3, 0.4) is 0 Å². The normalized spacial score (nSPS) is 14.9. The Morgan fingerprint density at radius 1 is 1.33 bits per heavy atom. The number of nitriles is 1. The van der Waals surface area contributed by atoms with E-state index in [1.807, 2.05) is 20.8 Å². The molecule has 1 amide bonds. The summed E-state index contributed by atoms with van der Waals surface area (Å²) in [6.45, 7) is 8.30. The summed E-state index contributed by atoms with van der Waals surface area (Å²) in [5, 5.41) is 9.97. The third-order valence-corrected chi connectivity index (χ3v) is 4.73. The minimum Gasteiger partial charge on any atom is -0.378 e. The highest BCUT2D eigenvalue weighted by atomic mass is 32.2. The fourth-order valence-electron chi connectivity index (χ4n) is 2.18. The minimum atomic E-state index is 0.0740. The highest BCUT2D eigenvalue weighted by molar-refractivity contribution is 8.00. The van der Waals surface area contributed by atoms with Crippen LogP contribution in [0.1, 0.15) is 22.4 Å². The van der Waals surface area contributed by atoms with Crippen molar-refractivity contribution in [3.05, 3.63) is 22.4 Å². The van der Waals surface area contributed by atoms with Crippen LogP contribution in [0.15, 0.2) is 5.03 Å². The lowest BCUT2D eigenvalue weighted by Crippen LogP contribution is -2.41. The van der Waals surface area contributed by atoms with Crippen LogP contribution in [0.25, 0.3) is 0 Å². The van der Waals surface area contributed by atoms with Gasteiger partial charge in [-0.25, -0.2) is 4.98 Å². The Morgan fingerprint density at radius 3 is 2.62 bits per heavy atom. The van der Waals surface area contributed by atoms with Crippen molar-refractivity contribution >= 4 is 17.7 Å². The Kier molecular flexibility index (Phi) is 5.21. The van der Waals surface area contributed by atoms with Crippen molar-refractivity contribution in [2.24, 2.45) is 0 Å². The van der Waals surface area contributed by atoms with E-state index < -0.39 is 0 Å². The molecule has 1 saturated heterocycles. The lowest BCUT2D eigenvalue weighted by Gasteiger charge is -2.26. The molecule has 0 spiro atoms. The third-order valence-electron chi connectivity index (χ3n) is 3.77. The van der Waals surface area contributed by atoms with Gasteiger partial charge in [0, 0.05) is 18.8 Å². The largest absolute Gasteiger partial charge is 0.378 e. The zero-order chi connectivity index (χ0) is 15.4. The molecule has 1 fully saturated rings. The first-order valence-corrected chi connectivity index (χ1v) is 7.89. The molecule has 0 radical (unpaired) electrons. The number of amides is 1. The fraction of sp³-hybridized carbons (Fsp3) is 0.533. The Hall–Kier alpha value is -1.58. The number of morpholine rings is 1. The maximum Gasteiger partial charge on any atom is 0.233 e. The fourth-order valence-corrected chi connectivity index (χ4v) is 3.17. The smallest absolute Gasteiger partial charge is 0.233 e. The van der Waals surface area contributed by atoms with Gasteiger partial charge < -0.3 is 9.64 Å². The van der Waals surface area contributed by atoms with Crippen LogP contribution >= 0.6 is 11.8 Å². The first-order chi connectivity index (χ1) is 10.0. The van der Waals surface area contributed by atoms with Crippen molar-refractivity contribution in [2.75, 3.05) is 32.1 Å². The standard InChI is InChI=1S/C15H19N3O2S/c1-10-11(2)13(8-16)15(17-12(10)3)21-9-14(19)18-4-6-20-7-5-18/h4-7,9H2,1-3H3. The number of carbonyl (C=O) groups is 1. The van der Waals surface area contributed by atoms with E-state index in [-0.39, 0.29) is 5.91 Å². The Morgan fingerprint density at radius 2 is 2.00 bits per heavy atom. The number of nitrogens with zero attached hydrogens (tertiary/aromatic N) is 3. The molecular formula is C15H19N3O2S. The summed E-state index contributed by atoms with van der Waals surface area (Å²) in [6, 6.07) is 2.21. The van der Waals surface area contributed by atoms with Gasteiger partial charge in [0.2, 0.25) is 5.91 Å². The summed E-state index contributed by atoms with van der Waals surface area (Å²) in [5.74, 6) is 0.383. The zero-order valence-corrected chi connectivity index (χ0v) is 13.4. The van der Waals surface area contributed by atoms with Crippen LogP contribution in [-0.2, 0) is 9.53 Å². The van der Waals surface area contributed by atoms with Gasteiger partial charge >= 0.3 is 0 Å². The predicted octanol–water partition coefficient (Wildman–Crippen LogP) is 1.83. The Balaban J connectivity index is 2.09. The van der Waals surface area contributed by atoms with Crippen molar-refractivity contribution in [3.63, 3.8) is 0 Å². The van der Waals surface area contributed by atoms with E-state index in [2.05, 4.69) is 11.1 Å². The average molecular weight is 305 g/mol. The highest BCUT2D eigenvalue weighted by Gasteiger charge is 2.19. The van der Waals surface area contributed by atoms with Crippen molar-refractivity contribution in [3.8, 4) is 6.07 Å². The lowest BCUT2D eigenvalue weighted by atomic mass is 10.1. The van der Waals surface area contributed by atoms with Crippen LogP contribution in [-0.4, -0.2) is 47.8 Å². The Labute approximate surface area is 129 Å². The van der Waals surface area contributed by atoms with Crippen LogP contribution < -0.4 is 0 Å². The number of aromatic nitrogens is 1. The van der Waals surface area contributed by atoms with Gasteiger partial charge in [0.1, 0.15) is 11.1 Å². The van der Waals surface area contributed by atoms with Gasteiger partial charge in [0.05, 0.1) is 24.5 Å². The molecule has 0 N–H and O–H groups in total. The Bertz CT molecular complexity index is 590. The minimum absolute atomic E-state index is 0.0740. The molecule has 0 saturated carbocycles. The number of rotatable bonds is 3. The first kappa shape index (κ1) is 15.8. The van der Waals surface area contributed by atoms with E-state index in [4.69, 9.17) is 4.74 Å². The molecule has 1 aliphatic heterocycles. The molecule has 1 aromatic heterocycles. The number of thioether (sulfide) groups is 1. The molecule has 0 aromatic carbocycles. The molecule has 0 unspecified atom stereocenters. The SMILES string of the molecule is Cc1nc(SCC(=O)N2CCOCC2)c(C#N)c(C)c1C. The predicted molar refractivity (Wildman–Crippen MR) is 81.3 cm³/mol. The number of aryl methyl sites for hydroxylation is 1. The monoisotopic (exact) mass is 305 g/mol. The van der Waals surface area contributed by atoms with Gasteiger partial charge in [-0.15, -0.1) is 0 Å². The summed E-state index contributed by atoms with van der Waals surface area (Å²) >= 11 is 1.34. The molecule has 5 nitrogen and oxygen atoms in total. The van der Waals surface area contributed by atoms with Gasteiger partial charge in [-0.1, -0.05) is 11.8 Å². The summed E-state index contributed by atoms with van der Waals surface area (Å²) < 4.78 is 5.24. The first-order valence-electron chi connectivity index (χ1n) is 6.90. The average Bonchev–Trinajstić information content (AvgIpc) is 2.51. The topological polar surface area (TPSA) is 66.2 Å². The molecule has 1 aliphatic rings. The van der Waals surface area contributed by atoms with Gasteiger partial charge in [-0.05, 0) is 31.9 Å². The second kappa shape index (κ2) is 6.92. The molecule has 0 atom stereocenters. The lowest BCUT2D eigenvalue weighted by molar-refractivity contribution is -0.132. The van der Waals surface area contributed by atoms with E-state index in [9.17, 15) is 10.1 Å². The summed E-state index contributed by atoms with van der Waals surface area (Å²) in [4.78, 5) is 18.4. The van der Waals surface area contributed by atoms with Crippen LogP contribution in [0.2, 0.25) is 0 Å². The van der Waals surface area contributed by atoms with E-state index in [0.717, 1.165) is 16.8 Å². The van der Waals surface area contributed by atoms with Crippen molar-refractivity contribution in [1.82, 2.24) is 9.88 Å². The van der Waals surface area contributed by atoms with E-state index >= 15 is 0 Å². The van der Waals surface area contributed by atoms with E-state index in [1.165, 1.54) is 11.8 Å². The van der Waals surface area contributed by atoms with E-state index in [1.54, 1.807) is 4.90 Å². The molecule has 0 aliphatic carbocycles. The maximum atomic E-state index is 12.1. The highest BCUT2D eigenvalue weighted by Crippen LogP contribution is 2.26. The number of hydrogen-bond donors (Lipinski definition) is 0. The number of carbonyl (C=O) groups excluding carboxylic acids is 1. The van der Waals surface area contributed by atoms with Gasteiger partial charge in [-0.3, -0.25) is 4.79 Å². The quantitative estimate of drug-likeness (QED) is 0.797. The summed E-state index contributed by atoms with van der Waals surface area (Å²) in [5.41, 5.74) is 3.48. The van der Waals surface area contributed by atoms with Gasteiger partial charge in [0.25, 0.3) is 0 Å². The van der Waals surface area contributed by atoms with Crippen molar-refractivity contribution in [2.45, 2.75) is 25.8 Å². The third kappa shape index (κ3) is 3.55. The van der Waals surface area contributed by atoms with Crippen LogP contribution in [0, 0.1) is 32.1 Å². The van der Waals surface area contributed by atoms with Crippen molar-refractivity contribution in [1.29, 1.82) is 5.26 Å². The molecule has 0 bridgehead atoms.